The molecule has 0 fully saturated rings. The van der Waals surface area contributed by atoms with Crippen molar-refractivity contribution in [3.63, 3.8) is 0 Å². The highest BCUT2D eigenvalue weighted by Crippen LogP contribution is 2.35. The summed E-state index contributed by atoms with van der Waals surface area (Å²) in [6.07, 6.45) is 1.76. The van der Waals surface area contributed by atoms with Crippen molar-refractivity contribution in [2.45, 2.75) is 33.6 Å². The summed E-state index contributed by atoms with van der Waals surface area (Å²) < 4.78 is 5.55. The smallest absolute Gasteiger partial charge is 0.265 e. The van der Waals surface area contributed by atoms with Gasteiger partial charge >= 0.3 is 0 Å². The van der Waals surface area contributed by atoms with Crippen molar-refractivity contribution in [2.75, 3.05) is 23.4 Å². The maximum atomic E-state index is 12.4. The van der Waals surface area contributed by atoms with E-state index in [9.17, 15) is 9.59 Å². The van der Waals surface area contributed by atoms with Gasteiger partial charge in [0.1, 0.15) is 5.75 Å². The monoisotopic (exact) mass is 366 g/mol. The first-order valence-corrected chi connectivity index (χ1v) is 9.27. The number of hydrogen-bond donors (Lipinski definition) is 1. The molecule has 27 heavy (non-hydrogen) atoms. The topological polar surface area (TPSA) is 58.6 Å². The third-order valence-corrected chi connectivity index (χ3v) is 4.53. The Morgan fingerprint density at radius 2 is 1.89 bits per heavy atom. The molecule has 0 atom stereocenters. The Kier molecular flexibility index (Phi) is 5.49. The number of fused-ring (bicyclic) bond motifs is 1. The van der Waals surface area contributed by atoms with Crippen LogP contribution in [0.15, 0.2) is 48.5 Å². The molecule has 1 aliphatic heterocycles. The fourth-order valence-corrected chi connectivity index (χ4v) is 2.93. The Morgan fingerprint density at radius 1 is 1.15 bits per heavy atom. The Bertz CT molecular complexity index is 825. The van der Waals surface area contributed by atoms with Crippen LogP contribution in [0, 0.1) is 5.41 Å². The molecule has 2 amide bonds. The van der Waals surface area contributed by atoms with E-state index in [1.54, 1.807) is 11.0 Å². The lowest BCUT2D eigenvalue weighted by Gasteiger charge is -2.30. The van der Waals surface area contributed by atoms with Gasteiger partial charge in [0, 0.05) is 17.6 Å². The highest BCUT2D eigenvalue weighted by Gasteiger charge is 2.27. The number of ether oxygens (including phenoxy) is 1. The molecule has 0 unspecified atom stereocenters. The van der Waals surface area contributed by atoms with Gasteiger partial charge in [-0.3, -0.25) is 9.59 Å². The van der Waals surface area contributed by atoms with Crippen molar-refractivity contribution >= 4 is 23.2 Å². The standard InChI is InChI=1S/C22H26N2O3/c1-22(2,3)21(26)23-17-11-12-19-18(14-17)24(20(25)15-27-19)13-7-10-16-8-5-4-6-9-16/h4-6,8-9,11-12,14H,7,10,13,15H2,1-3H3,(H,23,26). The van der Waals surface area contributed by atoms with E-state index in [1.807, 2.05) is 51.1 Å². The van der Waals surface area contributed by atoms with E-state index < -0.39 is 5.41 Å². The van der Waals surface area contributed by atoms with Crippen LogP contribution in [0.4, 0.5) is 11.4 Å². The van der Waals surface area contributed by atoms with Gasteiger partial charge in [-0.1, -0.05) is 51.1 Å². The third kappa shape index (κ3) is 4.67. The molecule has 2 aromatic rings. The summed E-state index contributed by atoms with van der Waals surface area (Å²) in [5, 5.41) is 2.92. The number of hydrogen-bond acceptors (Lipinski definition) is 3. The second-order valence-electron chi connectivity index (χ2n) is 7.81. The van der Waals surface area contributed by atoms with E-state index >= 15 is 0 Å². The molecule has 1 N–H and O–H groups in total. The van der Waals surface area contributed by atoms with Crippen molar-refractivity contribution in [3.8, 4) is 5.75 Å². The van der Waals surface area contributed by atoms with Crippen molar-refractivity contribution in [2.24, 2.45) is 5.41 Å². The van der Waals surface area contributed by atoms with Crippen molar-refractivity contribution in [1.82, 2.24) is 0 Å². The van der Waals surface area contributed by atoms with Crippen LogP contribution in [0.25, 0.3) is 0 Å². The first kappa shape index (κ1) is 19.0. The lowest BCUT2D eigenvalue weighted by molar-refractivity contribution is -0.123. The highest BCUT2D eigenvalue weighted by molar-refractivity contribution is 6.00. The molecule has 5 heteroatoms. The first-order chi connectivity index (χ1) is 12.8. The number of amides is 2. The summed E-state index contributed by atoms with van der Waals surface area (Å²) in [7, 11) is 0. The molecule has 2 aromatic carbocycles. The fourth-order valence-electron chi connectivity index (χ4n) is 2.93. The van der Waals surface area contributed by atoms with Crippen LogP contribution in [-0.4, -0.2) is 25.0 Å². The molecule has 0 saturated heterocycles. The molecular formula is C22H26N2O3. The number of carbonyl (C=O) groups is 2. The molecule has 3 rings (SSSR count). The van der Waals surface area contributed by atoms with Gasteiger partial charge in [0.25, 0.3) is 5.91 Å². The number of nitrogens with one attached hydrogen (secondary N) is 1. The zero-order valence-electron chi connectivity index (χ0n) is 16.1. The zero-order chi connectivity index (χ0) is 19.4. The Labute approximate surface area is 160 Å². The summed E-state index contributed by atoms with van der Waals surface area (Å²) in [6, 6.07) is 15.7. The van der Waals surface area contributed by atoms with Crippen LogP contribution in [0.3, 0.4) is 0 Å². The lowest BCUT2D eigenvalue weighted by Crippen LogP contribution is -2.39. The predicted molar refractivity (Wildman–Crippen MR) is 107 cm³/mol. The maximum absolute atomic E-state index is 12.4. The molecule has 0 spiro atoms. The normalized spacial score (nSPS) is 13.7. The van der Waals surface area contributed by atoms with E-state index in [4.69, 9.17) is 4.74 Å². The quantitative estimate of drug-likeness (QED) is 0.869. The highest BCUT2D eigenvalue weighted by atomic mass is 16.5. The van der Waals surface area contributed by atoms with Gasteiger partial charge in [-0.15, -0.1) is 0 Å². The van der Waals surface area contributed by atoms with Crippen molar-refractivity contribution in [1.29, 1.82) is 0 Å². The van der Waals surface area contributed by atoms with Gasteiger partial charge in [0.2, 0.25) is 5.91 Å². The minimum absolute atomic E-state index is 0.0477. The van der Waals surface area contributed by atoms with Gasteiger partial charge in [0.05, 0.1) is 5.69 Å². The van der Waals surface area contributed by atoms with Gasteiger partial charge in [-0.05, 0) is 36.6 Å². The van der Waals surface area contributed by atoms with Crippen LogP contribution < -0.4 is 15.0 Å². The number of nitrogens with zero attached hydrogens (tertiary/aromatic N) is 1. The van der Waals surface area contributed by atoms with Crippen LogP contribution in [0.1, 0.15) is 32.8 Å². The minimum atomic E-state index is -0.488. The molecule has 1 aliphatic rings. The zero-order valence-corrected chi connectivity index (χ0v) is 16.1. The van der Waals surface area contributed by atoms with Gasteiger partial charge < -0.3 is 15.0 Å². The second kappa shape index (κ2) is 7.82. The minimum Gasteiger partial charge on any atom is -0.482 e. The summed E-state index contributed by atoms with van der Waals surface area (Å²) >= 11 is 0. The number of benzene rings is 2. The summed E-state index contributed by atoms with van der Waals surface area (Å²) in [5.74, 6) is 0.541. The lowest BCUT2D eigenvalue weighted by atomic mass is 9.95. The van der Waals surface area contributed by atoms with Crippen LogP contribution in [0.5, 0.6) is 5.75 Å². The number of rotatable bonds is 5. The average Bonchev–Trinajstić information content (AvgIpc) is 2.63. The van der Waals surface area contributed by atoms with E-state index in [-0.39, 0.29) is 18.4 Å². The second-order valence-corrected chi connectivity index (χ2v) is 7.81. The largest absolute Gasteiger partial charge is 0.482 e. The van der Waals surface area contributed by atoms with Crippen LogP contribution in [-0.2, 0) is 16.0 Å². The van der Waals surface area contributed by atoms with E-state index in [2.05, 4.69) is 17.4 Å². The third-order valence-electron chi connectivity index (χ3n) is 4.53. The van der Waals surface area contributed by atoms with Gasteiger partial charge in [-0.2, -0.15) is 0 Å². The number of aryl methyl sites for hydroxylation is 1. The summed E-state index contributed by atoms with van der Waals surface area (Å²) in [6.45, 7) is 6.25. The van der Waals surface area contributed by atoms with Gasteiger partial charge in [-0.25, -0.2) is 0 Å². The number of anilines is 2. The summed E-state index contributed by atoms with van der Waals surface area (Å²) in [4.78, 5) is 26.4. The number of carbonyl (C=O) groups excluding carboxylic acids is 2. The van der Waals surface area contributed by atoms with Crippen molar-refractivity contribution in [3.05, 3.63) is 54.1 Å². The SMILES string of the molecule is CC(C)(C)C(=O)Nc1ccc2c(c1)N(CCCc1ccccc1)C(=O)CO2. The Balaban J connectivity index is 1.73. The Hall–Kier alpha value is -2.82. The maximum Gasteiger partial charge on any atom is 0.265 e. The molecule has 5 nitrogen and oxygen atoms in total. The molecule has 0 radical (unpaired) electrons. The molecule has 0 saturated carbocycles. The molecule has 0 aromatic heterocycles. The Morgan fingerprint density at radius 3 is 2.59 bits per heavy atom. The van der Waals surface area contributed by atoms with Crippen molar-refractivity contribution < 1.29 is 14.3 Å². The molecular weight excluding hydrogens is 340 g/mol. The molecule has 1 heterocycles. The predicted octanol–water partition coefficient (Wildman–Crippen LogP) is 4.03. The van der Waals surface area contributed by atoms with E-state index in [1.165, 1.54) is 5.56 Å². The molecule has 142 valence electrons. The molecule has 0 bridgehead atoms. The van der Waals surface area contributed by atoms with Crippen LogP contribution in [0.2, 0.25) is 0 Å². The van der Waals surface area contributed by atoms with E-state index in [0.29, 0.717) is 23.7 Å². The van der Waals surface area contributed by atoms with E-state index in [0.717, 1.165) is 12.8 Å². The van der Waals surface area contributed by atoms with Gasteiger partial charge in [0.15, 0.2) is 6.61 Å². The first-order valence-electron chi connectivity index (χ1n) is 9.27. The summed E-state index contributed by atoms with van der Waals surface area (Å²) in [5.41, 5.74) is 2.15. The van der Waals surface area contributed by atoms with Crippen LogP contribution >= 0.6 is 0 Å². The average molecular weight is 366 g/mol. The fraction of sp³-hybridized carbons (Fsp3) is 0.364. The molecule has 0 aliphatic carbocycles.